The number of aromatic nitrogens is 1. The van der Waals surface area contributed by atoms with Crippen LogP contribution in [0.15, 0.2) is 23.1 Å². The number of piperazine rings is 1. The molecule has 12 nitrogen and oxygen atoms in total. The number of amides is 1. The van der Waals surface area contributed by atoms with Gasteiger partial charge >= 0.3 is 12.1 Å². The minimum absolute atomic E-state index is 0.0392. The van der Waals surface area contributed by atoms with Gasteiger partial charge in [-0.15, -0.1) is 0 Å². The fraction of sp³-hybridized carbons (Fsp3) is 0.645. The Hall–Kier alpha value is -3.26. The predicted octanol–water partition coefficient (Wildman–Crippen LogP) is 3.39. The lowest BCUT2D eigenvalue weighted by Gasteiger charge is -2.37. The van der Waals surface area contributed by atoms with Crippen molar-refractivity contribution in [1.82, 2.24) is 9.47 Å². The SMILES string of the molecule is COCCOCCOCCOCCOC(=O)c1cn(C2CC2)c2cc(N3CCN(C(=O)OC(C)(C)C)CC3)c(F)cc2c1=O. The van der Waals surface area contributed by atoms with Crippen LogP contribution in [0.1, 0.15) is 50.0 Å². The molecule has 0 bridgehead atoms. The van der Waals surface area contributed by atoms with Gasteiger partial charge in [0.15, 0.2) is 0 Å². The van der Waals surface area contributed by atoms with Crippen LogP contribution in [0.3, 0.4) is 0 Å². The number of fused-ring (bicyclic) bond motifs is 1. The average molecular weight is 622 g/mol. The summed E-state index contributed by atoms with van der Waals surface area (Å²) in [7, 11) is 1.61. The number of esters is 1. The zero-order valence-corrected chi connectivity index (χ0v) is 26.1. The molecule has 4 rings (SSSR count). The van der Waals surface area contributed by atoms with E-state index in [2.05, 4.69) is 0 Å². The van der Waals surface area contributed by atoms with Crippen molar-refractivity contribution in [3.05, 3.63) is 39.9 Å². The molecule has 1 saturated carbocycles. The van der Waals surface area contributed by atoms with Crippen molar-refractivity contribution in [2.75, 3.05) is 91.0 Å². The number of nitrogens with zero attached hydrogens (tertiary/aromatic N) is 3. The van der Waals surface area contributed by atoms with Gasteiger partial charge in [0.2, 0.25) is 5.43 Å². The predicted molar refractivity (Wildman–Crippen MR) is 161 cm³/mol. The molecule has 244 valence electrons. The number of carbonyl (C=O) groups is 2. The van der Waals surface area contributed by atoms with Crippen LogP contribution in [0.25, 0.3) is 10.9 Å². The molecule has 0 unspecified atom stereocenters. The zero-order chi connectivity index (χ0) is 31.7. The van der Waals surface area contributed by atoms with E-state index >= 15 is 4.39 Å². The molecule has 1 saturated heterocycles. The van der Waals surface area contributed by atoms with E-state index in [0.717, 1.165) is 12.8 Å². The molecule has 0 atom stereocenters. The Labute approximate surface area is 256 Å². The molecule has 1 amide bonds. The Morgan fingerprint density at radius 1 is 0.886 bits per heavy atom. The van der Waals surface area contributed by atoms with Crippen LogP contribution in [0, 0.1) is 5.82 Å². The second-order valence-electron chi connectivity index (χ2n) is 11.8. The van der Waals surface area contributed by atoms with Crippen LogP contribution in [0.5, 0.6) is 0 Å². The Kier molecular flexibility index (Phi) is 12.0. The molecule has 1 aromatic heterocycles. The van der Waals surface area contributed by atoms with Gasteiger partial charge < -0.3 is 42.8 Å². The molecular weight excluding hydrogens is 577 g/mol. The summed E-state index contributed by atoms with van der Waals surface area (Å²) in [6.07, 6.45) is 2.91. The minimum Gasteiger partial charge on any atom is -0.459 e. The molecule has 1 aliphatic carbocycles. The van der Waals surface area contributed by atoms with Gasteiger partial charge in [-0.3, -0.25) is 4.79 Å². The third-order valence-electron chi connectivity index (χ3n) is 7.17. The highest BCUT2D eigenvalue weighted by molar-refractivity contribution is 5.94. The summed E-state index contributed by atoms with van der Waals surface area (Å²) >= 11 is 0. The third kappa shape index (κ3) is 9.37. The Morgan fingerprint density at radius 2 is 1.48 bits per heavy atom. The van der Waals surface area contributed by atoms with E-state index in [0.29, 0.717) is 77.0 Å². The Balaban J connectivity index is 1.34. The van der Waals surface area contributed by atoms with Gasteiger partial charge in [-0.2, -0.15) is 0 Å². The Bertz CT molecular complexity index is 1330. The standard InChI is InChI=1S/C31H44FN3O9/c1-31(2,3)44-30(38)34-9-7-33(8-10-34)27-20-26-23(19-25(27)32)28(36)24(21-35(26)22-5-6-22)29(37)43-18-17-42-16-15-41-14-13-40-12-11-39-4/h19-22H,5-18H2,1-4H3. The van der Waals surface area contributed by atoms with E-state index in [-0.39, 0.29) is 30.2 Å². The lowest BCUT2D eigenvalue weighted by Crippen LogP contribution is -2.50. The fourth-order valence-corrected chi connectivity index (χ4v) is 4.81. The molecule has 2 fully saturated rings. The van der Waals surface area contributed by atoms with E-state index in [1.165, 1.54) is 12.3 Å². The van der Waals surface area contributed by atoms with Gasteiger partial charge in [0.05, 0.1) is 57.5 Å². The number of ether oxygens (including phenoxy) is 6. The highest BCUT2D eigenvalue weighted by Crippen LogP contribution is 2.38. The Morgan fingerprint density at radius 3 is 2.05 bits per heavy atom. The van der Waals surface area contributed by atoms with Crippen molar-refractivity contribution in [2.24, 2.45) is 0 Å². The minimum atomic E-state index is -0.776. The first kappa shape index (κ1) is 33.6. The van der Waals surface area contributed by atoms with Crippen LogP contribution in [-0.4, -0.2) is 113 Å². The molecule has 1 aliphatic heterocycles. The number of anilines is 1. The zero-order valence-electron chi connectivity index (χ0n) is 26.1. The molecule has 2 aromatic rings. The quantitative estimate of drug-likeness (QED) is 0.216. The van der Waals surface area contributed by atoms with E-state index in [1.54, 1.807) is 18.1 Å². The number of hydrogen-bond acceptors (Lipinski definition) is 10. The first-order valence-corrected chi connectivity index (χ1v) is 15.1. The highest BCUT2D eigenvalue weighted by atomic mass is 19.1. The molecule has 0 spiro atoms. The summed E-state index contributed by atoms with van der Waals surface area (Å²) in [5, 5.41) is 0.125. The van der Waals surface area contributed by atoms with Gasteiger partial charge in [-0.05, 0) is 45.7 Å². The van der Waals surface area contributed by atoms with Crippen LogP contribution in [0.2, 0.25) is 0 Å². The normalized spacial score (nSPS) is 15.6. The number of benzene rings is 1. The average Bonchev–Trinajstić information content (AvgIpc) is 3.83. The largest absolute Gasteiger partial charge is 0.459 e. The number of hydrogen-bond donors (Lipinski definition) is 0. The van der Waals surface area contributed by atoms with Gasteiger partial charge in [0.25, 0.3) is 0 Å². The summed E-state index contributed by atoms with van der Waals surface area (Å²) in [6, 6.07) is 2.99. The number of carbonyl (C=O) groups excluding carboxylic acids is 2. The van der Waals surface area contributed by atoms with E-state index < -0.39 is 28.9 Å². The third-order valence-corrected chi connectivity index (χ3v) is 7.17. The van der Waals surface area contributed by atoms with Gasteiger partial charge in [-0.25, -0.2) is 14.0 Å². The highest BCUT2D eigenvalue weighted by Gasteiger charge is 2.30. The van der Waals surface area contributed by atoms with Crippen LogP contribution in [0.4, 0.5) is 14.9 Å². The summed E-state index contributed by atoms with van der Waals surface area (Å²) in [6.45, 7) is 9.76. The van der Waals surface area contributed by atoms with Gasteiger partial charge in [0, 0.05) is 50.9 Å². The number of rotatable bonds is 15. The monoisotopic (exact) mass is 621 g/mol. The van der Waals surface area contributed by atoms with Crippen molar-refractivity contribution in [2.45, 2.75) is 45.3 Å². The van der Waals surface area contributed by atoms with Crippen LogP contribution >= 0.6 is 0 Å². The topological polar surface area (TPSA) is 118 Å². The second-order valence-corrected chi connectivity index (χ2v) is 11.8. The maximum Gasteiger partial charge on any atom is 0.410 e. The molecule has 1 aromatic carbocycles. The molecule has 2 aliphatic rings. The molecule has 0 N–H and O–H groups in total. The van der Waals surface area contributed by atoms with Crippen molar-refractivity contribution < 1.29 is 42.4 Å². The van der Waals surface area contributed by atoms with Gasteiger partial charge in [0.1, 0.15) is 23.6 Å². The van der Waals surface area contributed by atoms with Crippen molar-refractivity contribution in [1.29, 1.82) is 0 Å². The van der Waals surface area contributed by atoms with Crippen molar-refractivity contribution in [3.63, 3.8) is 0 Å². The van der Waals surface area contributed by atoms with Gasteiger partial charge in [-0.1, -0.05) is 0 Å². The molecule has 2 heterocycles. The number of methoxy groups -OCH3 is 1. The molecular formula is C31H44FN3O9. The summed E-state index contributed by atoms with van der Waals surface area (Å²) < 4.78 is 49.1. The first-order chi connectivity index (χ1) is 21.1. The van der Waals surface area contributed by atoms with Crippen molar-refractivity contribution >= 4 is 28.7 Å². The van der Waals surface area contributed by atoms with Crippen molar-refractivity contribution in [3.8, 4) is 0 Å². The molecule has 0 radical (unpaired) electrons. The first-order valence-electron chi connectivity index (χ1n) is 15.1. The molecule has 44 heavy (non-hydrogen) atoms. The number of halogens is 1. The number of pyridine rings is 1. The fourth-order valence-electron chi connectivity index (χ4n) is 4.81. The maximum absolute atomic E-state index is 15.5. The summed E-state index contributed by atoms with van der Waals surface area (Å²) in [5.41, 5.74) is -0.402. The second kappa shape index (κ2) is 15.6. The van der Waals surface area contributed by atoms with Crippen LogP contribution in [-0.2, 0) is 28.4 Å². The van der Waals surface area contributed by atoms with E-state index in [9.17, 15) is 14.4 Å². The van der Waals surface area contributed by atoms with Crippen LogP contribution < -0.4 is 10.3 Å². The van der Waals surface area contributed by atoms with E-state index in [4.69, 9.17) is 28.4 Å². The summed E-state index contributed by atoms with van der Waals surface area (Å²) in [4.78, 5) is 42.1. The van der Waals surface area contributed by atoms with E-state index in [1.807, 2.05) is 30.2 Å². The maximum atomic E-state index is 15.5. The molecule has 13 heteroatoms. The lowest BCUT2D eigenvalue weighted by molar-refractivity contribution is -0.00555. The lowest BCUT2D eigenvalue weighted by atomic mass is 10.1. The summed E-state index contributed by atoms with van der Waals surface area (Å²) in [5.74, 6) is -1.34. The smallest absolute Gasteiger partial charge is 0.410 e.